The second kappa shape index (κ2) is 11.1. The van der Waals surface area contributed by atoms with Gasteiger partial charge < -0.3 is 30.3 Å². The zero-order chi connectivity index (χ0) is 28.5. The molecule has 0 spiro atoms. The number of rotatable bonds is 9. The van der Waals surface area contributed by atoms with E-state index in [0.29, 0.717) is 17.6 Å². The number of aromatic nitrogens is 6. The monoisotopic (exact) mass is 555 g/mol. The van der Waals surface area contributed by atoms with Gasteiger partial charge in [0.05, 0.1) is 31.2 Å². The summed E-state index contributed by atoms with van der Waals surface area (Å²) in [5.74, 6) is -1.51. The number of aromatic carboxylic acids is 1. The molecular formula is C29H29N7O5. The van der Waals surface area contributed by atoms with E-state index in [1.54, 1.807) is 10.8 Å². The van der Waals surface area contributed by atoms with Crippen molar-refractivity contribution in [2.75, 3.05) is 11.9 Å². The number of hydrogen-bond donors (Lipinski definition) is 5. The fraction of sp³-hybridized carbons (Fsp3) is 0.276. The first-order valence-corrected chi connectivity index (χ1v) is 13.3. The Kier molecular flexibility index (Phi) is 7.18. The molecule has 4 unspecified atom stereocenters. The first kappa shape index (κ1) is 26.6. The zero-order valence-electron chi connectivity index (χ0n) is 21.9. The first-order valence-electron chi connectivity index (χ1n) is 13.3. The fourth-order valence-corrected chi connectivity index (χ4v) is 5.54. The number of nitrogens with zero attached hydrogens (tertiary/aromatic N) is 6. The Morgan fingerprint density at radius 3 is 2.24 bits per heavy atom. The Morgan fingerprint density at radius 1 is 0.976 bits per heavy atom. The van der Waals surface area contributed by atoms with E-state index in [-0.39, 0.29) is 30.4 Å². The molecule has 4 atom stereocenters. The summed E-state index contributed by atoms with van der Waals surface area (Å²) in [6.07, 6.45) is 2.53. The minimum absolute atomic E-state index is 0.0526. The third-order valence-corrected chi connectivity index (χ3v) is 7.65. The number of aliphatic hydroxyl groups is 3. The normalized spacial score (nSPS) is 20.6. The number of carbonyl (C=O) groups is 1. The lowest BCUT2D eigenvalue weighted by Crippen LogP contribution is -2.30. The molecule has 12 nitrogen and oxygen atoms in total. The van der Waals surface area contributed by atoms with Gasteiger partial charge in [-0.15, -0.1) is 0 Å². The fourth-order valence-electron chi connectivity index (χ4n) is 5.54. The third kappa shape index (κ3) is 5.04. The highest BCUT2D eigenvalue weighted by Gasteiger charge is 2.44. The maximum Gasteiger partial charge on any atom is 0.374 e. The molecule has 0 radical (unpaired) electrons. The van der Waals surface area contributed by atoms with E-state index in [9.17, 15) is 25.2 Å². The average molecular weight is 556 g/mol. The maximum absolute atomic E-state index is 12.0. The number of fused-ring (bicyclic) bond motifs is 1. The summed E-state index contributed by atoms with van der Waals surface area (Å²) in [5.41, 5.74) is 3.32. The molecule has 6 rings (SSSR count). The van der Waals surface area contributed by atoms with Crippen molar-refractivity contribution in [3.8, 4) is 0 Å². The lowest BCUT2D eigenvalue weighted by atomic mass is 9.91. The smallest absolute Gasteiger partial charge is 0.374 e. The summed E-state index contributed by atoms with van der Waals surface area (Å²) in [6.45, 7) is 0.215. The van der Waals surface area contributed by atoms with E-state index in [1.807, 2.05) is 60.7 Å². The van der Waals surface area contributed by atoms with Crippen molar-refractivity contribution in [2.24, 2.45) is 0 Å². The van der Waals surface area contributed by atoms with Crippen molar-refractivity contribution >= 4 is 23.0 Å². The number of benzene rings is 2. The summed E-state index contributed by atoms with van der Waals surface area (Å²) in [7, 11) is 0. The minimum atomic E-state index is -1.30. The average Bonchev–Trinajstić information content (AvgIpc) is 3.72. The van der Waals surface area contributed by atoms with Crippen molar-refractivity contribution in [1.82, 2.24) is 29.3 Å². The predicted octanol–water partition coefficient (Wildman–Crippen LogP) is 2.37. The van der Waals surface area contributed by atoms with Gasteiger partial charge in [0.15, 0.2) is 11.5 Å². The molecule has 1 fully saturated rings. The molecule has 0 bridgehead atoms. The van der Waals surface area contributed by atoms with Gasteiger partial charge in [0, 0.05) is 24.2 Å². The lowest BCUT2D eigenvalue weighted by molar-refractivity contribution is 0.00719. The van der Waals surface area contributed by atoms with Crippen LogP contribution in [0.4, 0.5) is 5.82 Å². The van der Waals surface area contributed by atoms with Gasteiger partial charge in [0.25, 0.3) is 0 Å². The van der Waals surface area contributed by atoms with Gasteiger partial charge in [-0.3, -0.25) is 4.68 Å². The van der Waals surface area contributed by atoms with Crippen molar-refractivity contribution in [2.45, 2.75) is 43.2 Å². The molecule has 1 saturated carbocycles. The summed E-state index contributed by atoms with van der Waals surface area (Å²) < 4.78 is 3.11. The van der Waals surface area contributed by atoms with E-state index >= 15 is 0 Å². The van der Waals surface area contributed by atoms with Gasteiger partial charge in [-0.2, -0.15) is 5.10 Å². The number of nitrogens with one attached hydrogen (secondary N) is 1. The van der Waals surface area contributed by atoms with Gasteiger partial charge in [-0.05, 0) is 17.5 Å². The topological polar surface area (TPSA) is 171 Å². The largest absolute Gasteiger partial charge is 0.475 e. The Balaban J connectivity index is 1.34. The van der Waals surface area contributed by atoms with Crippen LogP contribution in [-0.4, -0.2) is 74.4 Å². The van der Waals surface area contributed by atoms with Gasteiger partial charge in [0.1, 0.15) is 17.7 Å². The molecule has 1 aliphatic rings. The predicted molar refractivity (Wildman–Crippen MR) is 148 cm³/mol. The Hall–Kier alpha value is -4.65. The standard InChI is InChI=1S/C29H29N7O5/c37-15-17-12-32-36(14-17)22-11-21(24(38)25(22)39)35-16-31-23-26(33-27(29(40)41)34-28(23)35)30-13-20(18-7-3-1-4-8-18)19-9-5-2-6-10-19/h1-10,12,14,16,20-22,24-25,37-39H,11,13,15H2,(H,40,41)(H,30,33,34). The highest BCUT2D eigenvalue weighted by Crippen LogP contribution is 2.40. The molecule has 41 heavy (non-hydrogen) atoms. The van der Waals surface area contributed by atoms with Crippen molar-refractivity contribution < 1.29 is 25.2 Å². The quantitative estimate of drug-likeness (QED) is 0.182. The van der Waals surface area contributed by atoms with Crippen molar-refractivity contribution in [3.05, 3.63) is 102 Å². The first-order chi connectivity index (χ1) is 19.9. The molecule has 12 heteroatoms. The summed E-state index contributed by atoms with van der Waals surface area (Å²) >= 11 is 0. The Bertz CT molecular complexity index is 1620. The molecule has 0 aliphatic heterocycles. The minimum Gasteiger partial charge on any atom is -0.475 e. The second-order valence-electron chi connectivity index (χ2n) is 10.1. The Labute approximate surface area is 234 Å². The lowest BCUT2D eigenvalue weighted by Gasteiger charge is -2.20. The number of anilines is 1. The Morgan fingerprint density at radius 2 is 1.63 bits per heavy atom. The van der Waals surface area contributed by atoms with Crippen LogP contribution in [0.5, 0.6) is 0 Å². The van der Waals surface area contributed by atoms with E-state index in [1.165, 1.54) is 17.2 Å². The molecule has 2 aromatic carbocycles. The number of aliphatic hydroxyl groups excluding tert-OH is 3. The molecule has 210 valence electrons. The molecule has 0 saturated heterocycles. The van der Waals surface area contributed by atoms with Crippen LogP contribution < -0.4 is 5.32 Å². The zero-order valence-corrected chi connectivity index (χ0v) is 21.9. The van der Waals surface area contributed by atoms with Gasteiger partial charge >= 0.3 is 5.97 Å². The number of imidazole rings is 1. The third-order valence-electron chi connectivity index (χ3n) is 7.65. The highest BCUT2D eigenvalue weighted by atomic mass is 16.4. The number of carboxylic acid groups (broad SMARTS) is 1. The van der Waals surface area contributed by atoms with Crippen molar-refractivity contribution in [1.29, 1.82) is 0 Å². The van der Waals surface area contributed by atoms with Crippen molar-refractivity contribution in [3.63, 3.8) is 0 Å². The summed E-state index contributed by atoms with van der Waals surface area (Å²) in [4.78, 5) is 25.0. The molecule has 5 aromatic rings. The highest BCUT2D eigenvalue weighted by molar-refractivity contribution is 5.90. The van der Waals surface area contributed by atoms with Gasteiger partial charge in [-0.25, -0.2) is 19.7 Å². The molecule has 5 N–H and O–H groups in total. The molecule has 1 aliphatic carbocycles. The van der Waals surface area contributed by atoms with E-state index < -0.39 is 36.1 Å². The second-order valence-corrected chi connectivity index (χ2v) is 10.1. The van der Waals surface area contributed by atoms with Gasteiger partial charge in [0.2, 0.25) is 5.82 Å². The molecule has 0 amide bonds. The van der Waals surface area contributed by atoms with Crippen LogP contribution >= 0.6 is 0 Å². The van der Waals surface area contributed by atoms with Crippen LogP contribution in [0.3, 0.4) is 0 Å². The van der Waals surface area contributed by atoms with Crippen LogP contribution in [0.15, 0.2) is 79.4 Å². The number of hydrogen-bond acceptors (Lipinski definition) is 9. The van der Waals surface area contributed by atoms with Crippen LogP contribution in [0.1, 0.15) is 51.7 Å². The van der Waals surface area contributed by atoms with E-state index in [4.69, 9.17) is 0 Å². The van der Waals surface area contributed by atoms with E-state index in [2.05, 4.69) is 25.4 Å². The maximum atomic E-state index is 12.0. The summed E-state index contributed by atoms with van der Waals surface area (Å²) in [6, 6.07) is 18.7. The van der Waals surface area contributed by atoms with Gasteiger partial charge in [-0.1, -0.05) is 60.7 Å². The molecule has 3 aromatic heterocycles. The van der Waals surface area contributed by atoms with Crippen LogP contribution in [-0.2, 0) is 6.61 Å². The number of carboxylic acids is 1. The summed E-state index contributed by atoms with van der Waals surface area (Å²) in [5, 5.41) is 48.6. The van der Waals surface area contributed by atoms with Crippen LogP contribution in [0.25, 0.3) is 11.2 Å². The van der Waals surface area contributed by atoms with Crippen LogP contribution in [0.2, 0.25) is 0 Å². The molecule has 3 heterocycles. The molecular weight excluding hydrogens is 526 g/mol. The SMILES string of the molecule is O=C(O)c1nc(NCC(c2ccccc2)c2ccccc2)c2ncn(C3CC(n4cc(CO)cn4)C(O)C3O)c2n1. The van der Waals surface area contributed by atoms with E-state index in [0.717, 1.165) is 11.1 Å². The van der Waals surface area contributed by atoms with Crippen LogP contribution in [0, 0.1) is 0 Å².